The molecule has 1 rings (SSSR count). The Hall–Kier alpha value is -0.730. The largest absolute Gasteiger partial charge is 0.486 e. The summed E-state index contributed by atoms with van der Waals surface area (Å²) >= 11 is 5.81. The third-order valence-electron chi connectivity index (χ3n) is 1.68. The van der Waals surface area contributed by atoms with Crippen molar-refractivity contribution in [3.05, 3.63) is 29.3 Å². The van der Waals surface area contributed by atoms with Crippen LogP contribution in [0.3, 0.4) is 0 Å². The molecule has 1 aromatic rings. The predicted octanol–water partition coefficient (Wildman–Crippen LogP) is 2.46. The summed E-state index contributed by atoms with van der Waals surface area (Å²) in [5, 5.41) is 0.672. The van der Waals surface area contributed by atoms with Crippen molar-refractivity contribution in [2.45, 2.75) is 19.4 Å². The van der Waals surface area contributed by atoms with E-state index in [0.717, 1.165) is 5.75 Å². The normalized spacial score (nSPS) is 11.4. The van der Waals surface area contributed by atoms with Crippen LogP contribution in [0.5, 0.6) is 5.75 Å². The van der Waals surface area contributed by atoms with Gasteiger partial charge in [0.15, 0.2) is 0 Å². The van der Waals surface area contributed by atoms with Gasteiger partial charge in [-0.05, 0) is 32.0 Å². The van der Waals surface area contributed by atoms with Crippen LogP contribution in [0.15, 0.2) is 24.3 Å². The van der Waals surface area contributed by atoms with Crippen LogP contribution < -0.4 is 10.5 Å². The summed E-state index contributed by atoms with van der Waals surface area (Å²) < 4.78 is 5.62. The van der Waals surface area contributed by atoms with Gasteiger partial charge in [-0.1, -0.05) is 17.7 Å². The minimum absolute atomic E-state index is 0.343. The molecular weight excluding hydrogens is 186 g/mol. The Morgan fingerprint density at radius 3 is 2.69 bits per heavy atom. The monoisotopic (exact) mass is 199 g/mol. The van der Waals surface area contributed by atoms with Gasteiger partial charge in [0.25, 0.3) is 0 Å². The van der Waals surface area contributed by atoms with E-state index in [1.165, 1.54) is 0 Å². The highest BCUT2D eigenvalue weighted by Gasteiger charge is 2.16. The standard InChI is InChI=1S/C10H14ClNO/c1-10(2,7-12)13-9-5-3-4-8(11)6-9/h3-6H,7,12H2,1-2H3. The molecule has 72 valence electrons. The third-order valence-corrected chi connectivity index (χ3v) is 1.92. The van der Waals surface area contributed by atoms with Gasteiger partial charge < -0.3 is 10.5 Å². The summed E-state index contributed by atoms with van der Waals surface area (Å²) in [4.78, 5) is 0. The highest BCUT2D eigenvalue weighted by Crippen LogP contribution is 2.21. The first-order chi connectivity index (χ1) is 6.03. The maximum absolute atomic E-state index is 5.81. The lowest BCUT2D eigenvalue weighted by Crippen LogP contribution is -2.37. The van der Waals surface area contributed by atoms with Gasteiger partial charge in [0, 0.05) is 11.6 Å². The second-order valence-electron chi connectivity index (χ2n) is 3.52. The van der Waals surface area contributed by atoms with Crippen molar-refractivity contribution < 1.29 is 4.74 Å². The zero-order valence-corrected chi connectivity index (χ0v) is 8.64. The Labute approximate surface area is 83.6 Å². The van der Waals surface area contributed by atoms with Crippen LogP contribution in [0.4, 0.5) is 0 Å². The van der Waals surface area contributed by atoms with Crippen LogP contribution in [0.25, 0.3) is 0 Å². The molecule has 0 amide bonds. The second kappa shape index (κ2) is 3.99. The van der Waals surface area contributed by atoms with Gasteiger partial charge >= 0.3 is 0 Å². The van der Waals surface area contributed by atoms with Gasteiger partial charge in [-0.25, -0.2) is 0 Å². The Balaban J connectivity index is 2.74. The van der Waals surface area contributed by atoms with Gasteiger partial charge in [0.1, 0.15) is 11.4 Å². The van der Waals surface area contributed by atoms with E-state index in [9.17, 15) is 0 Å². The highest BCUT2D eigenvalue weighted by atomic mass is 35.5. The summed E-state index contributed by atoms with van der Waals surface area (Å²) in [5.41, 5.74) is 5.19. The summed E-state index contributed by atoms with van der Waals surface area (Å²) in [6.45, 7) is 4.35. The van der Waals surface area contributed by atoms with E-state index in [1.807, 2.05) is 32.0 Å². The zero-order valence-electron chi connectivity index (χ0n) is 7.88. The number of nitrogens with two attached hydrogens (primary N) is 1. The predicted molar refractivity (Wildman–Crippen MR) is 55.2 cm³/mol. The Kier molecular flexibility index (Phi) is 3.17. The molecule has 13 heavy (non-hydrogen) atoms. The Bertz CT molecular complexity index is 286. The van der Waals surface area contributed by atoms with Crippen LogP contribution in [-0.2, 0) is 0 Å². The number of hydrogen-bond acceptors (Lipinski definition) is 2. The first kappa shape index (κ1) is 10.4. The number of ether oxygens (including phenoxy) is 1. The second-order valence-corrected chi connectivity index (χ2v) is 3.96. The molecule has 0 aromatic heterocycles. The highest BCUT2D eigenvalue weighted by molar-refractivity contribution is 6.30. The number of hydrogen-bond donors (Lipinski definition) is 1. The van der Waals surface area contributed by atoms with Crippen molar-refractivity contribution in [1.82, 2.24) is 0 Å². The topological polar surface area (TPSA) is 35.2 Å². The molecule has 0 radical (unpaired) electrons. The lowest BCUT2D eigenvalue weighted by molar-refractivity contribution is 0.119. The van der Waals surface area contributed by atoms with Crippen molar-refractivity contribution in [1.29, 1.82) is 0 Å². The summed E-state index contributed by atoms with van der Waals surface area (Å²) in [6.07, 6.45) is 0. The Morgan fingerprint density at radius 2 is 2.15 bits per heavy atom. The quantitative estimate of drug-likeness (QED) is 0.812. The molecule has 0 saturated carbocycles. The van der Waals surface area contributed by atoms with E-state index in [1.54, 1.807) is 6.07 Å². The maximum Gasteiger partial charge on any atom is 0.121 e. The fourth-order valence-corrected chi connectivity index (χ4v) is 1.07. The van der Waals surface area contributed by atoms with E-state index in [4.69, 9.17) is 22.1 Å². The molecule has 0 saturated heterocycles. The van der Waals surface area contributed by atoms with Gasteiger partial charge in [0.2, 0.25) is 0 Å². The van der Waals surface area contributed by atoms with Gasteiger partial charge in [-0.2, -0.15) is 0 Å². The fourth-order valence-electron chi connectivity index (χ4n) is 0.891. The molecular formula is C10H14ClNO. The van der Waals surface area contributed by atoms with E-state index < -0.39 is 0 Å². The minimum atomic E-state index is -0.343. The number of benzene rings is 1. The molecule has 0 atom stereocenters. The van der Waals surface area contributed by atoms with E-state index in [0.29, 0.717) is 11.6 Å². The van der Waals surface area contributed by atoms with Crippen molar-refractivity contribution in [2.24, 2.45) is 5.73 Å². The molecule has 0 bridgehead atoms. The van der Waals surface area contributed by atoms with E-state index in [-0.39, 0.29) is 5.60 Å². The first-order valence-corrected chi connectivity index (χ1v) is 4.56. The molecule has 0 fully saturated rings. The lowest BCUT2D eigenvalue weighted by atomic mass is 10.1. The van der Waals surface area contributed by atoms with Crippen LogP contribution in [0, 0.1) is 0 Å². The first-order valence-electron chi connectivity index (χ1n) is 4.18. The average Bonchev–Trinajstić information content (AvgIpc) is 2.03. The third kappa shape index (κ3) is 3.25. The number of rotatable bonds is 3. The van der Waals surface area contributed by atoms with Gasteiger partial charge in [-0.15, -0.1) is 0 Å². The molecule has 0 spiro atoms. The molecule has 0 unspecified atom stereocenters. The maximum atomic E-state index is 5.81. The molecule has 0 aliphatic carbocycles. The van der Waals surface area contributed by atoms with Gasteiger partial charge in [0.05, 0.1) is 0 Å². The molecule has 1 aromatic carbocycles. The van der Waals surface area contributed by atoms with E-state index in [2.05, 4.69) is 0 Å². The molecule has 2 nitrogen and oxygen atoms in total. The molecule has 0 heterocycles. The fraction of sp³-hybridized carbons (Fsp3) is 0.400. The summed E-state index contributed by atoms with van der Waals surface area (Å²) in [7, 11) is 0. The summed E-state index contributed by atoms with van der Waals surface area (Å²) in [5.74, 6) is 0.753. The van der Waals surface area contributed by atoms with Gasteiger partial charge in [-0.3, -0.25) is 0 Å². The van der Waals surface area contributed by atoms with Crippen LogP contribution in [0.1, 0.15) is 13.8 Å². The average molecular weight is 200 g/mol. The summed E-state index contributed by atoms with van der Waals surface area (Å²) in [6, 6.07) is 7.30. The molecule has 3 heteroatoms. The number of halogens is 1. The van der Waals surface area contributed by atoms with Crippen molar-refractivity contribution in [3.63, 3.8) is 0 Å². The van der Waals surface area contributed by atoms with Crippen LogP contribution in [-0.4, -0.2) is 12.1 Å². The molecule has 2 N–H and O–H groups in total. The minimum Gasteiger partial charge on any atom is -0.486 e. The molecule has 0 aliphatic rings. The Morgan fingerprint density at radius 1 is 1.46 bits per heavy atom. The van der Waals surface area contributed by atoms with Crippen molar-refractivity contribution in [2.75, 3.05) is 6.54 Å². The van der Waals surface area contributed by atoms with E-state index >= 15 is 0 Å². The SMILES string of the molecule is CC(C)(CN)Oc1cccc(Cl)c1. The van der Waals surface area contributed by atoms with Crippen LogP contribution in [0.2, 0.25) is 5.02 Å². The van der Waals surface area contributed by atoms with Crippen molar-refractivity contribution in [3.8, 4) is 5.75 Å². The zero-order chi connectivity index (χ0) is 9.90. The smallest absolute Gasteiger partial charge is 0.121 e. The van der Waals surface area contributed by atoms with Crippen molar-refractivity contribution >= 4 is 11.6 Å². The van der Waals surface area contributed by atoms with Crippen LogP contribution >= 0.6 is 11.6 Å². The molecule has 0 aliphatic heterocycles. The lowest BCUT2D eigenvalue weighted by Gasteiger charge is -2.24.